The zero-order chi connectivity index (χ0) is 24.6. The van der Waals surface area contributed by atoms with Gasteiger partial charge in [-0.2, -0.15) is 5.26 Å². The smallest absolute Gasteiger partial charge is 0.304 e. The summed E-state index contributed by atoms with van der Waals surface area (Å²) in [7, 11) is 0. The van der Waals surface area contributed by atoms with Gasteiger partial charge in [-0.05, 0) is 36.0 Å². The third-order valence-electron chi connectivity index (χ3n) is 6.20. The van der Waals surface area contributed by atoms with E-state index in [1.165, 1.54) is 24.3 Å². The molecule has 8 heteroatoms. The normalized spacial score (nSPS) is 23.5. The number of benzene rings is 2. The fourth-order valence-corrected chi connectivity index (χ4v) is 5.39. The van der Waals surface area contributed by atoms with Crippen molar-refractivity contribution in [1.82, 2.24) is 4.90 Å². The Bertz CT molecular complexity index is 1100. The van der Waals surface area contributed by atoms with Crippen molar-refractivity contribution in [1.29, 1.82) is 5.26 Å². The lowest BCUT2D eigenvalue weighted by atomic mass is 9.63. The first-order valence-corrected chi connectivity index (χ1v) is 11.4. The van der Waals surface area contributed by atoms with Gasteiger partial charge < -0.3 is 5.11 Å². The van der Waals surface area contributed by atoms with Crippen molar-refractivity contribution in [3.63, 3.8) is 0 Å². The van der Waals surface area contributed by atoms with Crippen LogP contribution in [0.5, 0.6) is 0 Å². The maximum Gasteiger partial charge on any atom is 0.304 e. The van der Waals surface area contributed by atoms with Gasteiger partial charge in [0.25, 0.3) is 0 Å². The summed E-state index contributed by atoms with van der Waals surface area (Å²) < 4.78 is 30.7. The van der Waals surface area contributed by atoms with E-state index in [2.05, 4.69) is 6.07 Å². The summed E-state index contributed by atoms with van der Waals surface area (Å²) in [6, 6.07) is 10.1. The third kappa shape index (κ3) is 5.01. The number of rotatable bonds is 6. The van der Waals surface area contributed by atoms with Crippen molar-refractivity contribution in [2.75, 3.05) is 13.1 Å². The molecule has 0 spiro atoms. The fraction of sp³-hybridized carbons (Fsp3) is 0.440. The SMILES string of the molecule is CC(C)(C)CC1CN(CCC(=O)O)C(c2cccc(Cl)c2F)C1(C#N)c1ccc(Cl)cc1F. The first-order chi connectivity index (χ1) is 15.4. The van der Waals surface area contributed by atoms with E-state index < -0.39 is 35.0 Å². The van der Waals surface area contributed by atoms with Gasteiger partial charge in [0.2, 0.25) is 0 Å². The van der Waals surface area contributed by atoms with E-state index in [1.54, 1.807) is 11.0 Å². The minimum atomic E-state index is -1.49. The molecule has 3 atom stereocenters. The molecular formula is C25H26Cl2F2N2O2. The summed E-state index contributed by atoms with van der Waals surface area (Å²) in [5.41, 5.74) is -1.46. The van der Waals surface area contributed by atoms with Gasteiger partial charge in [0.05, 0.1) is 23.6 Å². The predicted molar refractivity (Wildman–Crippen MR) is 124 cm³/mol. The summed E-state index contributed by atoms with van der Waals surface area (Å²) in [4.78, 5) is 13.1. The molecule has 3 unspecified atom stereocenters. The molecule has 0 amide bonds. The number of carboxylic acids is 1. The average molecular weight is 495 g/mol. The largest absolute Gasteiger partial charge is 0.481 e. The highest BCUT2D eigenvalue weighted by Gasteiger charge is 2.58. The van der Waals surface area contributed by atoms with Crippen molar-refractivity contribution in [2.45, 2.75) is 45.1 Å². The van der Waals surface area contributed by atoms with Gasteiger partial charge in [-0.15, -0.1) is 0 Å². The number of nitriles is 1. The Hall–Kier alpha value is -2.20. The number of carboxylic acid groups (broad SMARTS) is 1. The van der Waals surface area contributed by atoms with Crippen LogP contribution < -0.4 is 0 Å². The lowest BCUT2D eigenvalue weighted by molar-refractivity contribution is -0.137. The van der Waals surface area contributed by atoms with Crippen LogP contribution in [0.2, 0.25) is 10.0 Å². The minimum Gasteiger partial charge on any atom is -0.481 e. The Labute approximate surface area is 202 Å². The van der Waals surface area contributed by atoms with Gasteiger partial charge in [-0.1, -0.05) is 62.2 Å². The van der Waals surface area contributed by atoms with Crippen molar-refractivity contribution in [3.05, 3.63) is 69.2 Å². The zero-order valence-corrected chi connectivity index (χ0v) is 20.2. The molecule has 0 radical (unpaired) electrons. The van der Waals surface area contributed by atoms with E-state index in [0.717, 1.165) is 6.07 Å². The summed E-state index contributed by atoms with van der Waals surface area (Å²) >= 11 is 12.1. The van der Waals surface area contributed by atoms with Crippen molar-refractivity contribution in [2.24, 2.45) is 11.3 Å². The van der Waals surface area contributed by atoms with Gasteiger partial charge in [0.1, 0.15) is 17.0 Å². The molecule has 1 fully saturated rings. The van der Waals surface area contributed by atoms with Crippen LogP contribution in [0.1, 0.15) is 50.8 Å². The summed E-state index contributed by atoms with van der Waals surface area (Å²) in [5, 5.41) is 20.0. The van der Waals surface area contributed by atoms with E-state index in [1.807, 2.05) is 20.8 Å². The molecule has 2 aromatic rings. The lowest BCUT2D eigenvalue weighted by Gasteiger charge is -2.38. The second kappa shape index (κ2) is 9.58. The minimum absolute atomic E-state index is 0.0746. The molecule has 0 bridgehead atoms. The highest BCUT2D eigenvalue weighted by atomic mass is 35.5. The van der Waals surface area contributed by atoms with Gasteiger partial charge in [-0.25, -0.2) is 8.78 Å². The first-order valence-electron chi connectivity index (χ1n) is 10.7. The molecule has 0 aliphatic carbocycles. The molecule has 176 valence electrons. The topological polar surface area (TPSA) is 64.3 Å². The molecule has 1 aliphatic rings. The quantitative estimate of drug-likeness (QED) is 0.490. The van der Waals surface area contributed by atoms with Crippen LogP contribution >= 0.6 is 23.2 Å². The van der Waals surface area contributed by atoms with Gasteiger partial charge >= 0.3 is 5.97 Å². The summed E-state index contributed by atoms with van der Waals surface area (Å²) in [5.74, 6) is -2.78. The van der Waals surface area contributed by atoms with Crippen LogP contribution in [0, 0.1) is 34.3 Å². The third-order valence-corrected chi connectivity index (χ3v) is 6.73. The number of carbonyl (C=O) groups is 1. The van der Waals surface area contributed by atoms with Crippen molar-refractivity contribution >= 4 is 29.2 Å². The molecule has 33 heavy (non-hydrogen) atoms. The second-order valence-corrected chi connectivity index (χ2v) is 10.6. The number of nitrogens with zero attached hydrogens (tertiary/aromatic N) is 2. The molecule has 1 heterocycles. The molecule has 2 aromatic carbocycles. The average Bonchev–Trinajstić information content (AvgIpc) is 3.00. The maximum absolute atomic E-state index is 15.4. The molecule has 4 nitrogen and oxygen atoms in total. The molecule has 0 saturated carbocycles. The Morgan fingerprint density at radius 1 is 1.27 bits per heavy atom. The second-order valence-electron chi connectivity index (χ2n) is 9.75. The number of halogens is 4. The number of likely N-dealkylation sites (tertiary alicyclic amines) is 1. The monoisotopic (exact) mass is 494 g/mol. The molecule has 1 aliphatic heterocycles. The van der Waals surface area contributed by atoms with Crippen LogP contribution in [0.25, 0.3) is 0 Å². The van der Waals surface area contributed by atoms with E-state index in [9.17, 15) is 15.2 Å². The predicted octanol–water partition coefficient (Wildman–Crippen LogP) is 6.62. The Kier molecular flexibility index (Phi) is 7.38. The van der Waals surface area contributed by atoms with E-state index in [-0.39, 0.29) is 39.6 Å². The Morgan fingerprint density at radius 3 is 2.55 bits per heavy atom. The zero-order valence-electron chi connectivity index (χ0n) is 18.7. The number of hydrogen-bond acceptors (Lipinski definition) is 3. The molecule has 3 rings (SSSR count). The first kappa shape index (κ1) is 25.4. The highest BCUT2D eigenvalue weighted by Crippen LogP contribution is 2.56. The van der Waals surface area contributed by atoms with Gasteiger partial charge in [-0.3, -0.25) is 9.69 Å². The van der Waals surface area contributed by atoms with Crippen LogP contribution in [0.15, 0.2) is 36.4 Å². The standard InChI is InChI=1S/C25H26Cl2F2N2O2/c1-24(2,3)12-15-13-31(10-9-21(32)33)23(17-5-4-6-19(27)22(17)29)25(15,14-30)18-8-7-16(26)11-20(18)28/h4-8,11,15,23H,9-10,12-13H2,1-3H3,(H,32,33). The van der Waals surface area contributed by atoms with Crippen LogP contribution in [-0.2, 0) is 10.2 Å². The highest BCUT2D eigenvalue weighted by molar-refractivity contribution is 6.31. The van der Waals surface area contributed by atoms with E-state index >= 15 is 8.78 Å². The van der Waals surface area contributed by atoms with Crippen LogP contribution in [-0.4, -0.2) is 29.1 Å². The van der Waals surface area contributed by atoms with Crippen LogP contribution in [0.4, 0.5) is 8.78 Å². The van der Waals surface area contributed by atoms with Crippen molar-refractivity contribution < 1.29 is 18.7 Å². The Morgan fingerprint density at radius 2 is 1.97 bits per heavy atom. The maximum atomic E-state index is 15.4. The van der Waals surface area contributed by atoms with E-state index in [4.69, 9.17) is 23.2 Å². The molecule has 1 saturated heterocycles. The number of aliphatic carboxylic acids is 1. The number of hydrogen-bond donors (Lipinski definition) is 1. The van der Waals surface area contributed by atoms with Gasteiger partial charge in [0, 0.05) is 29.2 Å². The van der Waals surface area contributed by atoms with Crippen LogP contribution in [0.3, 0.4) is 0 Å². The molecule has 0 aromatic heterocycles. The summed E-state index contributed by atoms with van der Waals surface area (Å²) in [6.07, 6.45) is 0.330. The Balaban J connectivity index is 2.32. The molecule has 1 N–H and O–H groups in total. The van der Waals surface area contributed by atoms with E-state index in [0.29, 0.717) is 13.0 Å². The fourth-order valence-electron chi connectivity index (χ4n) is 5.05. The van der Waals surface area contributed by atoms with Crippen molar-refractivity contribution in [3.8, 4) is 6.07 Å². The molecular weight excluding hydrogens is 469 g/mol. The summed E-state index contributed by atoms with van der Waals surface area (Å²) in [6.45, 7) is 6.43. The van der Waals surface area contributed by atoms with Gasteiger partial charge in [0.15, 0.2) is 0 Å². The lowest BCUT2D eigenvalue weighted by Crippen LogP contribution is -2.40.